The van der Waals surface area contributed by atoms with Crippen LogP contribution >= 0.6 is 0 Å². The summed E-state index contributed by atoms with van der Waals surface area (Å²) in [6.45, 7) is 3.42. The Morgan fingerprint density at radius 2 is 1.84 bits per heavy atom. The quantitative estimate of drug-likeness (QED) is 0.627. The second kappa shape index (κ2) is 9.18. The summed E-state index contributed by atoms with van der Waals surface area (Å²) in [5.74, 6) is -0.722. The largest absolute Gasteiger partial charge is 0.489 e. The van der Waals surface area contributed by atoms with Gasteiger partial charge in [0, 0.05) is 18.3 Å². The Morgan fingerprint density at radius 3 is 2.42 bits per heavy atom. The monoisotopic (exact) mass is 436 g/mol. The molecule has 0 radical (unpaired) electrons. The van der Waals surface area contributed by atoms with E-state index in [0.717, 1.165) is 17.7 Å². The van der Waals surface area contributed by atoms with Gasteiger partial charge < -0.3 is 15.6 Å². The van der Waals surface area contributed by atoms with Crippen molar-refractivity contribution in [3.63, 3.8) is 0 Å². The first-order valence-corrected chi connectivity index (χ1v) is 10.2. The van der Waals surface area contributed by atoms with Gasteiger partial charge in [-0.2, -0.15) is 13.2 Å². The molecule has 0 spiro atoms. The summed E-state index contributed by atoms with van der Waals surface area (Å²) in [7, 11) is 0. The summed E-state index contributed by atoms with van der Waals surface area (Å²) >= 11 is 0. The van der Waals surface area contributed by atoms with E-state index in [1.807, 2.05) is 30.3 Å². The van der Waals surface area contributed by atoms with Crippen molar-refractivity contribution in [2.45, 2.75) is 38.5 Å². The lowest BCUT2D eigenvalue weighted by Gasteiger charge is -2.39. The van der Waals surface area contributed by atoms with E-state index in [4.69, 9.17) is 10.5 Å². The van der Waals surface area contributed by atoms with Gasteiger partial charge in [-0.3, -0.25) is 9.69 Å². The molecular formula is C23H27F3N2O3. The first-order valence-electron chi connectivity index (χ1n) is 10.2. The van der Waals surface area contributed by atoms with E-state index in [1.165, 1.54) is 6.07 Å². The number of alkyl halides is 3. The summed E-state index contributed by atoms with van der Waals surface area (Å²) in [4.78, 5) is 14.1. The second-order valence-corrected chi connectivity index (χ2v) is 8.27. The van der Waals surface area contributed by atoms with Crippen molar-refractivity contribution in [3.05, 3.63) is 59.7 Å². The van der Waals surface area contributed by atoms with Gasteiger partial charge >= 0.3 is 12.1 Å². The fourth-order valence-electron chi connectivity index (χ4n) is 4.10. The van der Waals surface area contributed by atoms with Crippen LogP contribution < -0.4 is 10.5 Å². The fourth-order valence-corrected chi connectivity index (χ4v) is 4.10. The van der Waals surface area contributed by atoms with Gasteiger partial charge in [0.2, 0.25) is 0 Å². The minimum atomic E-state index is -4.50. The normalized spacial score (nSPS) is 17.8. The Bertz CT molecular complexity index is 895. The number of nitrogens with zero attached hydrogens (tertiary/aromatic N) is 1. The number of carboxylic acid groups (broad SMARTS) is 1. The van der Waals surface area contributed by atoms with Crippen molar-refractivity contribution >= 4 is 11.7 Å². The van der Waals surface area contributed by atoms with Crippen LogP contribution in [0.1, 0.15) is 30.9 Å². The van der Waals surface area contributed by atoms with E-state index in [1.54, 1.807) is 6.92 Å². The summed E-state index contributed by atoms with van der Waals surface area (Å²) in [6, 6.07) is 12.8. The zero-order valence-corrected chi connectivity index (χ0v) is 17.4. The predicted octanol–water partition coefficient (Wildman–Crippen LogP) is 4.46. The third kappa shape index (κ3) is 5.91. The molecule has 0 aliphatic carbocycles. The molecule has 1 heterocycles. The summed E-state index contributed by atoms with van der Waals surface area (Å²) in [5.41, 5.74) is 4.92. The summed E-state index contributed by atoms with van der Waals surface area (Å²) in [6.07, 6.45) is -3.40. The molecule has 1 atom stereocenters. The van der Waals surface area contributed by atoms with Gasteiger partial charge in [0.15, 0.2) is 0 Å². The van der Waals surface area contributed by atoms with Gasteiger partial charge in [0.25, 0.3) is 0 Å². The Hall–Kier alpha value is -2.74. The van der Waals surface area contributed by atoms with Gasteiger partial charge in [0.1, 0.15) is 11.9 Å². The number of aliphatic carboxylic acids is 1. The van der Waals surface area contributed by atoms with Crippen molar-refractivity contribution in [3.8, 4) is 5.75 Å². The summed E-state index contributed by atoms with van der Waals surface area (Å²) in [5, 5.41) is 9.88. The van der Waals surface area contributed by atoms with Gasteiger partial charge in [-0.25, -0.2) is 0 Å². The molecule has 0 aromatic heterocycles. The number of benzene rings is 2. The van der Waals surface area contributed by atoms with Crippen molar-refractivity contribution in [1.29, 1.82) is 0 Å². The van der Waals surface area contributed by atoms with E-state index in [-0.39, 0.29) is 17.5 Å². The Labute approximate surface area is 179 Å². The molecule has 1 fully saturated rings. The Kier molecular flexibility index (Phi) is 6.79. The third-order valence-corrected chi connectivity index (χ3v) is 5.76. The first-order chi connectivity index (χ1) is 14.6. The van der Waals surface area contributed by atoms with Crippen LogP contribution in [0.3, 0.4) is 0 Å². The average molecular weight is 436 g/mol. The van der Waals surface area contributed by atoms with Crippen LogP contribution in [0.5, 0.6) is 5.75 Å². The number of piperidine rings is 1. The molecule has 3 N–H and O–H groups in total. The van der Waals surface area contributed by atoms with Crippen molar-refractivity contribution < 1.29 is 27.8 Å². The third-order valence-electron chi connectivity index (χ3n) is 5.76. The van der Waals surface area contributed by atoms with Crippen LogP contribution in [0.15, 0.2) is 48.5 Å². The minimum absolute atomic E-state index is 0.0119. The molecule has 2 aromatic carbocycles. The van der Waals surface area contributed by atoms with Crippen LogP contribution in [0, 0.1) is 5.41 Å². The van der Waals surface area contributed by atoms with Gasteiger partial charge in [-0.05, 0) is 57.0 Å². The van der Waals surface area contributed by atoms with Crippen molar-refractivity contribution in [2.75, 3.05) is 25.4 Å². The number of hydrogen-bond donors (Lipinski definition) is 2. The van der Waals surface area contributed by atoms with E-state index < -0.39 is 23.1 Å². The molecule has 168 valence electrons. The number of likely N-dealkylation sites (tertiary alicyclic amines) is 1. The minimum Gasteiger partial charge on any atom is -0.489 e. The lowest BCUT2D eigenvalue weighted by molar-refractivity contribution is -0.152. The van der Waals surface area contributed by atoms with Crippen LogP contribution in [-0.4, -0.2) is 41.7 Å². The first kappa shape index (κ1) is 22.9. The van der Waals surface area contributed by atoms with Gasteiger partial charge in [0.05, 0.1) is 11.0 Å². The standard InChI is InChI=1S/C23H27F3N2O3/c1-16(31-20-12-18(23(24,25)26)11-19(27)13-20)15-28-9-7-22(8-10-28,21(29)30)14-17-5-3-2-4-6-17/h2-6,11-13,16H,7-10,14-15,27H2,1H3,(H,29,30). The summed E-state index contributed by atoms with van der Waals surface area (Å²) < 4.78 is 44.6. The highest BCUT2D eigenvalue weighted by Gasteiger charge is 2.41. The topological polar surface area (TPSA) is 75.8 Å². The molecular weight excluding hydrogens is 409 g/mol. The smallest absolute Gasteiger partial charge is 0.416 e. The van der Waals surface area contributed by atoms with Crippen LogP contribution in [0.25, 0.3) is 0 Å². The number of hydrogen-bond acceptors (Lipinski definition) is 4. The van der Waals surface area contributed by atoms with Crippen molar-refractivity contribution in [1.82, 2.24) is 4.90 Å². The number of anilines is 1. The molecule has 0 saturated carbocycles. The van der Waals surface area contributed by atoms with E-state index in [0.29, 0.717) is 38.9 Å². The van der Waals surface area contributed by atoms with Gasteiger partial charge in [-0.15, -0.1) is 0 Å². The maximum atomic E-state index is 13.0. The molecule has 0 amide bonds. The Balaban J connectivity index is 1.59. The number of carboxylic acids is 1. The molecule has 1 aliphatic heterocycles. The Morgan fingerprint density at radius 1 is 1.19 bits per heavy atom. The highest BCUT2D eigenvalue weighted by molar-refractivity contribution is 5.75. The van der Waals surface area contributed by atoms with Crippen molar-refractivity contribution in [2.24, 2.45) is 5.41 Å². The maximum Gasteiger partial charge on any atom is 0.416 e. The second-order valence-electron chi connectivity index (χ2n) is 8.27. The number of rotatable bonds is 7. The highest BCUT2D eigenvalue weighted by Crippen LogP contribution is 2.36. The molecule has 0 bridgehead atoms. The molecule has 2 aromatic rings. The van der Waals surface area contributed by atoms with Gasteiger partial charge in [-0.1, -0.05) is 30.3 Å². The van der Waals surface area contributed by atoms with E-state index in [2.05, 4.69) is 4.90 Å². The van der Waals surface area contributed by atoms with E-state index >= 15 is 0 Å². The molecule has 1 aliphatic rings. The predicted molar refractivity (Wildman–Crippen MR) is 112 cm³/mol. The lowest BCUT2D eigenvalue weighted by Crippen LogP contribution is -2.47. The molecule has 5 nitrogen and oxygen atoms in total. The average Bonchev–Trinajstić information content (AvgIpc) is 2.69. The fraction of sp³-hybridized carbons (Fsp3) is 0.435. The SMILES string of the molecule is CC(CN1CCC(Cc2ccccc2)(C(=O)O)CC1)Oc1cc(N)cc(C(F)(F)F)c1. The van der Waals surface area contributed by atoms with Crippen LogP contribution in [-0.2, 0) is 17.4 Å². The number of ether oxygens (including phenoxy) is 1. The van der Waals surface area contributed by atoms with Crippen LogP contribution in [0.4, 0.5) is 18.9 Å². The highest BCUT2D eigenvalue weighted by atomic mass is 19.4. The molecule has 3 rings (SSSR count). The zero-order chi connectivity index (χ0) is 22.6. The maximum absolute atomic E-state index is 13.0. The molecule has 31 heavy (non-hydrogen) atoms. The number of nitrogen functional groups attached to an aromatic ring is 1. The zero-order valence-electron chi connectivity index (χ0n) is 17.4. The molecule has 8 heteroatoms. The number of nitrogens with two attached hydrogens (primary N) is 1. The number of halogens is 3. The lowest BCUT2D eigenvalue weighted by atomic mass is 9.74. The number of carbonyl (C=O) groups is 1. The molecule has 1 unspecified atom stereocenters. The molecule has 1 saturated heterocycles. The van der Waals surface area contributed by atoms with Crippen LogP contribution in [0.2, 0.25) is 0 Å². The van der Waals surface area contributed by atoms with E-state index in [9.17, 15) is 23.1 Å².